The summed E-state index contributed by atoms with van der Waals surface area (Å²) in [4.78, 5) is 22.1. The number of ether oxygens (including phenoxy) is 1. The van der Waals surface area contributed by atoms with Gasteiger partial charge in [0.2, 0.25) is 0 Å². The number of carbonyl (C=O) groups excluding carboxylic acids is 1. The fourth-order valence-electron chi connectivity index (χ4n) is 1.76. The maximum absolute atomic E-state index is 11.5. The fraction of sp³-hybridized carbons (Fsp3) is 0.467. The number of carboxylic acid groups (broad SMARTS) is 1. The Balaban J connectivity index is 2.12. The van der Waals surface area contributed by atoms with Gasteiger partial charge in [-0.1, -0.05) is 31.5 Å². The van der Waals surface area contributed by atoms with E-state index in [4.69, 9.17) is 9.84 Å². The number of nitrogens with one attached hydrogen (secondary N) is 2. The first-order valence-electron chi connectivity index (χ1n) is 7.03. The third-order valence-corrected chi connectivity index (χ3v) is 2.99. The topological polar surface area (TPSA) is 87.7 Å². The Hall–Kier alpha value is -2.24. The Labute approximate surface area is 124 Å². The molecule has 0 fully saturated rings. The highest BCUT2D eigenvalue weighted by Crippen LogP contribution is 2.07. The molecule has 1 rings (SSSR count). The Morgan fingerprint density at radius 2 is 1.95 bits per heavy atom. The van der Waals surface area contributed by atoms with Crippen molar-refractivity contribution >= 4 is 12.0 Å². The second kappa shape index (κ2) is 9.63. The molecule has 0 aliphatic rings. The minimum atomic E-state index is -0.847. The van der Waals surface area contributed by atoms with Crippen LogP contribution in [0.1, 0.15) is 19.8 Å². The van der Waals surface area contributed by atoms with Gasteiger partial charge in [0.1, 0.15) is 12.4 Å². The number of aliphatic carboxylic acids is 1. The predicted octanol–water partition coefficient (Wildman–Crippen LogP) is 1.87. The molecule has 0 aromatic heterocycles. The standard InChI is InChI=1S/C15H22N2O4/c1-2-12(10-14(18)19)11-17-15(20)16-8-9-21-13-6-4-3-5-7-13/h3-7,12H,2,8-11H2,1H3,(H,18,19)(H2,16,17,20). The van der Waals surface area contributed by atoms with E-state index in [1.165, 1.54) is 0 Å². The van der Waals surface area contributed by atoms with Crippen LogP contribution in [0.4, 0.5) is 4.79 Å². The van der Waals surface area contributed by atoms with Crippen molar-refractivity contribution in [3.05, 3.63) is 30.3 Å². The number of carboxylic acids is 1. The monoisotopic (exact) mass is 294 g/mol. The molecule has 0 aliphatic heterocycles. The maximum Gasteiger partial charge on any atom is 0.314 e. The average molecular weight is 294 g/mol. The SMILES string of the molecule is CCC(CNC(=O)NCCOc1ccccc1)CC(=O)O. The molecular formula is C15H22N2O4. The van der Waals surface area contributed by atoms with Crippen LogP contribution in [0.2, 0.25) is 0 Å². The van der Waals surface area contributed by atoms with Crippen molar-refractivity contribution in [1.82, 2.24) is 10.6 Å². The van der Waals surface area contributed by atoms with E-state index in [-0.39, 0.29) is 18.4 Å². The first-order chi connectivity index (χ1) is 10.1. The van der Waals surface area contributed by atoms with Crippen molar-refractivity contribution in [2.75, 3.05) is 19.7 Å². The molecule has 0 saturated heterocycles. The number of benzene rings is 1. The molecule has 0 radical (unpaired) electrons. The molecule has 2 amide bonds. The molecule has 21 heavy (non-hydrogen) atoms. The highest BCUT2D eigenvalue weighted by molar-refractivity contribution is 5.74. The summed E-state index contributed by atoms with van der Waals surface area (Å²) in [6, 6.07) is 9.04. The van der Waals surface area contributed by atoms with Gasteiger partial charge in [0.15, 0.2) is 0 Å². The summed E-state index contributed by atoms with van der Waals surface area (Å²) >= 11 is 0. The van der Waals surface area contributed by atoms with Gasteiger partial charge in [-0.3, -0.25) is 4.79 Å². The van der Waals surface area contributed by atoms with Crippen molar-refractivity contribution in [3.8, 4) is 5.75 Å². The molecule has 0 bridgehead atoms. The van der Waals surface area contributed by atoms with E-state index in [2.05, 4.69) is 10.6 Å². The number of rotatable bonds is 9. The smallest absolute Gasteiger partial charge is 0.314 e. The minimum Gasteiger partial charge on any atom is -0.492 e. The summed E-state index contributed by atoms with van der Waals surface area (Å²) in [6.07, 6.45) is 0.775. The first-order valence-corrected chi connectivity index (χ1v) is 7.03. The van der Waals surface area contributed by atoms with Crippen LogP contribution in [0.15, 0.2) is 30.3 Å². The Morgan fingerprint density at radius 1 is 1.24 bits per heavy atom. The van der Waals surface area contributed by atoms with E-state index in [0.717, 1.165) is 5.75 Å². The van der Waals surface area contributed by atoms with Gasteiger partial charge in [0.05, 0.1) is 6.54 Å². The lowest BCUT2D eigenvalue weighted by Gasteiger charge is -2.14. The van der Waals surface area contributed by atoms with Gasteiger partial charge in [0, 0.05) is 13.0 Å². The number of amides is 2. The van der Waals surface area contributed by atoms with Gasteiger partial charge in [-0.05, 0) is 18.1 Å². The molecule has 3 N–H and O–H groups in total. The second-order valence-electron chi connectivity index (χ2n) is 4.67. The number of hydrogen-bond acceptors (Lipinski definition) is 3. The van der Waals surface area contributed by atoms with E-state index in [1.54, 1.807) is 0 Å². The van der Waals surface area contributed by atoms with Crippen LogP contribution in [0.3, 0.4) is 0 Å². The van der Waals surface area contributed by atoms with Crippen molar-refractivity contribution in [2.45, 2.75) is 19.8 Å². The van der Waals surface area contributed by atoms with Crippen LogP contribution in [0, 0.1) is 5.92 Å². The molecule has 1 unspecified atom stereocenters. The van der Waals surface area contributed by atoms with Gasteiger partial charge >= 0.3 is 12.0 Å². The summed E-state index contributed by atoms with van der Waals surface area (Å²) in [7, 11) is 0. The van der Waals surface area contributed by atoms with E-state index < -0.39 is 5.97 Å². The molecule has 6 heteroatoms. The van der Waals surface area contributed by atoms with Crippen molar-refractivity contribution in [1.29, 1.82) is 0 Å². The van der Waals surface area contributed by atoms with E-state index in [1.807, 2.05) is 37.3 Å². The van der Waals surface area contributed by atoms with Crippen LogP contribution in [0.25, 0.3) is 0 Å². The molecule has 1 aromatic rings. The number of para-hydroxylation sites is 1. The zero-order chi connectivity index (χ0) is 15.5. The largest absolute Gasteiger partial charge is 0.492 e. The molecule has 1 atom stereocenters. The highest BCUT2D eigenvalue weighted by Gasteiger charge is 2.12. The van der Waals surface area contributed by atoms with Gasteiger partial charge in [-0.15, -0.1) is 0 Å². The molecule has 0 saturated carbocycles. The van der Waals surface area contributed by atoms with Crippen LogP contribution in [-0.4, -0.2) is 36.8 Å². The van der Waals surface area contributed by atoms with Gasteiger partial charge in [-0.2, -0.15) is 0 Å². The van der Waals surface area contributed by atoms with Crippen LogP contribution >= 0.6 is 0 Å². The summed E-state index contributed by atoms with van der Waals surface area (Å²) in [6.45, 7) is 3.02. The van der Waals surface area contributed by atoms with E-state index >= 15 is 0 Å². The number of urea groups is 1. The second-order valence-corrected chi connectivity index (χ2v) is 4.67. The molecule has 0 spiro atoms. The normalized spacial score (nSPS) is 11.5. The van der Waals surface area contributed by atoms with E-state index in [0.29, 0.717) is 26.1 Å². The lowest BCUT2D eigenvalue weighted by atomic mass is 10.0. The van der Waals surface area contributed by atoms with Gasteiger partial charge in [-0.25, -0.2) is 4.79 Å². The number of carbonyl (C=O) groups is 2. The highest BCUT2D eigenvalue weighted by atomic mass is 16.5. The minimum absolute atomic E-state index is 0.0474. The average Bonchev–Trinajstić information content (AvgIpc) is 2.48. The van der Waals surface area contributed by atoms with Crippen molar-refractivity contribution < 1.29 is 19.4 Å². The Kier molecular flexibility index (Phi) is 7.71. The van der Waals surface area contributed by atoms with Gasteiger partial charge in [0.25, 0.3) is 0 Å². The van der Waals surface area contributed by atoms with Crippen molar-refractivity contribution in [2.24, 2.45) is 5.92 Å². The third kappa shape index (κ3) is 7.81. The van der Waals surface area contributed by atoms with Gasteiger partial charge < -0.3 is 20.5 Å². The fourth-order valence-corrected chi connectivity index (χ4v) is 1.76. The molecule has 1 aromatic carbocycles. The van der Waals surface area contributed by atoms with Crippen molar-refractivity contribution in [3.63, 3.8) is 0 Å². The first kappa shape index (κ1) is 16.8. The third-order valence-electron chi connectivity index (χ3n) is 2.99. The molecule has 116 valence electrons. The molecule has 0 aliphatic carbocycles. The van der Waals surface area contributed by atoms with Crippen LogP contribution in [-0.2, 0) is 4.79 Å². The summed E-state index contributed by atoms with van der Waals surface area (Å²) in [5, 5.41) is 14.0. The Bertz CT molecular complexity index is 437. The Morgan fingerprint density at radius 3 is 2.57 bits per heavy atom. The summed E-state index contributed by atoms with van der Waals surface area (Å²) in [5.41, 5.74) is 0. The quantitative estimate of drug-likeness (QED) is 0.607. The summed E-state index contributed by atoms with van der Waals surface area (Å²) in [5.74, 6) is -0.138. The maximum atomic E-state index is 11.5. The lowest BCUT2D eigenvalue weighted by Crippen LogP contribution is -2.40. The van der Waals surface area contributed by atoms with E-state index in [9.17, 15) is 9.59 Å². The zero-order valence-corrected chi connectivity index (χ0v) is 12.2. The molecular weight excluding hydrogens is 272 g/mol. The van der Waals surface area contributed by atoms with Crippen LogP contribution in [0.5, 0.6) is 5.75 Å². The molecule has 0 heterocycles. The zero-order valence-electron chi connectivity index (χ0n) is 12.2. The van der Waals surface area contributed by atoms with Crippen LogP contribution < -0.4 is 15.4 Å². The summed E-state index contributed by atoms with van der Waals surface area (Å²) < 4.78 is 5.44. The number of hydrogen-bond donors (Lipinski definition) is 3. The lowest BCUT2D eigenvalue weighted by molar-refractivity contribution is -0.138. The predicted molar refractivity (Wildman–Crippen MR) is 79.4 cm³/mol. The molecule has 6 nitrogen and oxygen atoms in total.